The van der Waals surface area contributed by atoms with Gasteiger partial charge in [0.15, 0.2) is 11.6 Å². The highest BCUT2D eigenvalue weighted by Crippen LogP contribution is 2.43. The van der Waals surface area contributed by atoms with Crippen molar-refractivity contribution in [2.24, 2.45) is 0 Å². The van der Waals surface area contributed by atoms with Crippen molar-refractivity contribution in [2.75, 3.05) is 19.0 Å². The Morgan fingerprint density at radius 3 is 2.74 bits per heavy atom. The van der Waals surface area contributed by atoms with Crippen LogP contribution in [-0.2, 0) is 0 Å². The molecule has 0 unspecified atom stereocenters. The molecule has 1 aliphatic carbocycles. The Balaban J connectivity index is 1.61. The molecule has 3 aromatic rings. The molecule has 2 aliphatic rings. The first kappa shape index (κ1) is 19.7. The second-order valence-corrected chi connectivity index (χ2v) is 8.45. The number of amides is 1. The Morgan fingerprint density at radius 2 is 2.00 bits per heavy atom. The van der Waals surface area contributed by atoms with Gasteiger partial charge in [-0.3, -0.25) is 13.9 Å². The molecule has 1 aliphatic heterocycles. The third-order valence-electron chi connectivity index (χ3n) is 6.17. The van der Waals surface area contributed by atoms with Crippen LogP contribution in [0.1, 0.15) is 67.8 Å². The minimum absolute atomic E-state index is 0.138. The van der Waals surface area contributed by atoms with Crippen LogP contribution in [0.5, 0.6) is 0 Å². The number of carbonyl (C=O) groups excluding carboxylic acids is 1. The van der Waals surface area contributed by atoms with Crippen LogP contribution in [0.3, 0.4) is 0 Å². The molecule has 31 heavy (non-hydrogen) atoms. The molecule has 0 bridgehead atoms. The van der Waals surface area contributed by atoms with Crippen LogP contribution in [0.2, 0.25) is 0 Å². The summed E-state index contributed by atoms with van der Waals surface area (Å²) in [4.78, 5) is 30.0. The molecule has 0 aromatic carbocycles. The highest BCUT2D eigenvalue weighted by molar-refractivity contribution is 5.91. The largest absolute Gasteiger partial charge is 0.343 e. The number of carbonyl (C=O) groups is 1. The van der Waals surface area contributed by atoms with E-state index in [4.69, 9.17) is 4.98 Å². The van der Waals surface area contributed by atoms with E-state index >= 15 is 0 Å². The lowest BCUT2D eigenvalue weighted by molar-refractivity contribution is 0.0822. The molecule has 1 saturated carbocycles. The van der Waals surface area contributed by atoms with Crippen LogP contribution in [0.25, 0.3) is 11.6 Å². The zero-order valence-corrected chi connectivity index (χ0v) is 18.1. The fraction of sp³-hybridized carbons (Fsp3) is 0.524. The summed E-state index contributed by atoms with van der Waals surface area (Å²) in [5, 5.41) is 8.64. The molecule has 1 atom stereocenters. The number of anilines is 1. The Bertz CT molecular complexity index is 1100. The van der Waals surface area contributed by atoms with E-state index in [1.165, 1.54) is 17.7 Å². The number of nitrogens with zero attached hydrogens (tertiary/aromatic N) is 9. The molecule has 1 fully saturated rings. The maximum Gasteiger partial charge on any atom is 0.273 e. The lowest BCUT2D eigenvalue weighted by Crippen LogP contribution is -2.42. The third kappa shape index (κ3) is 3.26. The molecular weight excluding hydrogens is 394 g/mol. The maximum absolute atomic E-state index is 12.3. The van der Waals surface area contributed by atoms with E-state index in [2.05, 4.69) is 32.0 Å². The summed E-state index contributed by atoms with van der Waals surface area (Å²) >= 11 is 0. The second-order valence-electron chi connectivity index (χ2n) is 8.45. The zero-order valence-electron chi connectivity index (χ0n) is 18.1. The second kappa shape index (κ2) is 7.75. The first-order valence-electron chi connectivity index (χ1n) is 10.9. The SMILES string of the molecule is CCC[C@@H]1c2nncn2-c2cnc(-n3cnc(C(=O)N(C)C)c3)nc2N1C1CCCC1. The summed E-state index contributed by atoms with van der Waals surface area (Å²) in [6.45, 7) is 2.20. The molecule has 10 nitrogen and oxygen atoms in total. The molecule has 4 heterocycles. The Labute approximate surface area is 180 Å². The fourth-order valence-corrected chi connectivity index (χ4v) is 4.69. The van der Waals surface area contributed by atoms with Gasteiger partial charge in [-0.1, -0.05) is 26.2 Å². The van der Waals surface area contributed by atoms with Gasteiger partial charge in [-0.25, -0.2) is 9.97 Å². The minimum Gasteiger partial charge on any atom is -0.343 e. The van der Waals surface area contributed by atoms with Crippen LogP contribution in [0, 0.1) is 0 Å². The summed E-state index contributed by atoms with van der Waals surface area (Å²) in [7, 11) is 3.42. The first-order chi connectivity index (χ1) is 15.1. The van der Waals surface area contributed by atoms with Gasteiger partial charge in [-0.15, -0.1) is 10.2 Å². The van der Waals surface area contributed by atoms with Crippen molar-refractivity contribution in [1.82, 2.24) is 39.2 Å². The maximum atomic E-state index is 12.3. The molecule has 0 N–H and O–H groups in total. The van der Waals surface area contributed by atoms with Crippen molar-refractivity contribution in [3.05, 3.63) is 36.6 Å². The Kier molecular flexibility index (Phi) is 4.91. The number of hydrogen-bond donors (Lipinski definition) is 0. The van der Waals surface area contributed by atoms with Crippen molar-refractivity contribution in [2.45, 2.75) is 57.5 Å². The van der Waals surface area contributed by atoms with Gasteiger partial charge in [0.05, 0.1) is 12.2 Å². The molecule has 162 valence electrons. The quantitative estimate of drug-likeness (QED) is 0.624. The molecule has 10 heteroatoms. The van der Waals surface area contributed by atoms with E-state index < -0.39 is 0 Å². The molecule has 0 saturated heterocycles. The fourth-order valence-electron chi connectivity index (χ4n) is 4.69. The Morgan fingerprint density at radius 1 is 1.19 bits per heavy atom. The Hall–Kier alpha value is -3.30. The smallest absolute Gasteiger partial charge is 0.273 e. The lowest BCUT2D eigenvalue weighted by Gasteiger charge is -2.41. The van der Waals surface area contributed by atoms with Crippen LogP contribution < -0.4 is 4.90 Å². The van der Waals surface area contributed by atoms with Crippen molar-refractivity contribution >= 4 is 11.7 Å². The van der Waals surface area contributed by atoms with Crippen LogP contribution in [-0.4, -0.2) is 65.2 Å². The van der Waals surface area contributed by atoms with Gasteiger partial charge < -0.3 is 9.80 Å². The van der Waals surface area contributed by atoms with Crippen LogP contribution in [0.4, 0.5) is 5.82 Å². The van der Waals surface area contributed by atoms with Gasteiger partial charge in [0.1, 0.15) is 24.0 Å². The van der Waals surface area contributed by atoms with Crippen molar-refractivity contribution in [3.63, 3.8) is 0 Å². The first-order valence-corrected chi connectivity index (χ1v) is 10.9. The van der Waals surface area contributed by atoms with E-state index in [-0.39, 0.29) is 11.9 Å². The predicted molar refractivity (Wildman–Crippen MR) is 114 cm³/mol. The molecule has 5 rings (SSSR count). The number of aromatic nitrogens is 7. The number of fused-ring (bicyclic) bond motifs is 3. The standard InChI is InChI=1S/C21H27N9O/c1-4-7-16-19-26-24-13-29(19)17-10-22-21(25-18(17)30(16)14-8-5-6-9-14)28-11-15(23-12-28)20(31)27(2)3/h10-14,16H,4-9H2,1-3H3/t16-/m1/s1. The van der Waals surface area contributed by atoms with Crippen LogP contribution >= 0.6 is 0 Å². The highest BCUT2D eigenvalue weighted by atomic mass is 16.2. The van der Waals surface area contributed by atoms with Crippen LogP contribution in [0.15, 0.2) is 25.0 Å². The zero-order chi connectivity index (χ0) is 21.5. The summed E-state index contributed by atoms with van der Waals surface area (Å²) in [6.07, 6.45) is 13.6. The van der Waals surface area contributed by atoms with Crippen molar-refractivity contribution in [1.29, 1.82) is 0 Å². The van der Waals surface area contributed by atoms with E-state index in [1.54, 1.807) is 37.5 Å². The van der Waals surface area contributed by atoms with Gasteiger partial charge >= 0.3 is 0 Å². The number of rotatable bonds is 5. The van der Waals surface area contributed by atoms with Gasteiger partial charge in [-0.05, 0) is 19.3 Å². The summed E-state index contributed by atoms with van der Waals surface area (Å²) < 4.78 is 3.72. The van der Waals surface area contributed by atoms with Gasteiger partial charge in [0.25, 0.3) is 5.91 Å². The van der Waals surface area contributed by atoms with Gasteiger partial charge in [-0.2, -0.15) is 4.98 Å². The molecule has 0 radical (unpaired) electrons. The van der Waals surface area contributed by atoms with Gasteiger partial charge in [0.2, 0.25) is 5.95 Å². The average Bonchev–Trinajstić information content (AvgIpc) is 3.54. The highest BCUT2D eigenvalue weighted by Gasteiger charge is 2.39. The average molecular weight is 422 g/mol. The third-order valence-corrected chi connectivity index (χ3v) is 6.17. The molecular formula is C21H27N9O. The normalized spacial score (nSPS) is 18.2. The molecule has 1 amide bonds. The van der Waals surface area contributed by atoms with Gasteiger partial charge in [0, 0.05) is 26.3 Å². The summed E-state index contributed by atoms with van der Waals surface area (Å²) in [5.41, 5.74) is 1.26. The van der Waals surface area contributed by atoms with Crippen molar-refractivity contribution in [3.8, 4) is 11.6 Å². The van der Waals surface area contributed by atoms with E-state index in [9.17, 15) is 4.79 Å². The number of hydrogen-bond acceptors (Lipinski definition) is 7. The minimum atomic E-state index is -0.151. The monoisotopic (exact) mass is 421 g/mol. The summed E-state index contributed by atoms with van der Waals surface area (Å²) in [6, 6.07) is 0.566. The lowest BCUT2D eigenvalue weighted by atomic mass is 10.0. The van der Waals surface area contributed by atoms with E-state index in [0.29, 0.717) is 17.7 Å². The molecule has 0 spiro atoms. The number of imidazole rings is 1. The molecule has 3 aromatic heterocycles. The van der Waals surface area contributed by atoms with E-state index in [1.807, 2.05) is 10.8 Å². The van der Waals surface area contributed by atoms with Crippen molar-refractivity contribution < 1.29 is 4.79 Å². The van der Waals surface area contributed by atoms with E-state index in [0.717, 1.165) is 43.0 Å². The summed E-state index contributed by atoms with van der Waals surface area (Å²) in [5.74, 6) is 2.20. The topological polar surface area (TPSA) is 97.9 Å². The predicted octanol–water partition coefficient (Wildman–Crippen LogP) is 2.55.